The summed E-state index contributed by atoms with van der Waals surface area (Å²) in [7, 11) is 2.22. The molecule has 2 atom stereocenters. The number of phenolic OH excluding ortho intramolecular Hbond substituents is 2. The van der Waals surface area contributed by atoms with Crippen molar-refractivity contribution < 1.29 is 50.0 Å². The van der Waals surface area contributed by atoms with Crippen molar-refractivity contribution >= 4 is 5.78 Å². The predicted molar refractivity (Wildman–Crippen MR) is 99.3 cm³/mol. The Labute approximate surface area is 172 Å². The van der Waals surface area contributed by atoms with Gasteiger partial charge in [-0.15, -0.1) is 0 Å². The fourth-order valence-electron chi connectivity index (χ4n) is 4.48. The number of benzene rings is 1. The van der Waals surface area contributed by atoms with Crippen molar-refractivity contribution in [1.29, 1.82) is 0 Å². The quantitative estimate of drug-likeness (QED) is 0.230. The van der Waals surface area contributed by atoms with Crippen LogP contribution < -0.4 is 9.47 Å². The smallest absolute Gasteiger partial charge is 0.289 e. The van der Waals surface area contributed by atoms with Crippen molar-refractivity contribution in [2.24, 2.45) is 11.8 Å². The zero-order chi connectivity index (χ0) is 22.8. The number of ether oxygens (including phenoxy) is 2. The number of hydrogen-bond acceptors (Lipinski definition) is 11. The first-order valence-electron chi connectivity index (χ1n) is 9.38. The van der Waals surface area contributed by atoms with E-state index in [0.29, 0.717) is 11.3 Å². The molecule has 2 aliphatic rings. The topological polar surface area (TPSA) is 180 Å². The molecule has 3 rings (SSSR count). The molecule has 30 heavy (non-hydrogen) atoms. The molecular formula is C19H27NO10. The lowest BCUT2D eigenvalue weighted by molar-refractivity contribution is -0.463. The molecule has 0 amide bonds. The van der Waals surface area contributed by atoms with Gasteiger partial charge < -0.3 is 45.2 Å². The van der Waals surface area contributed by atoms with Crippen LogP contribution in [-0.2, 0) is 16.3 Å². The summed E-state index contributed by atoms with van der Waals surface area (Å²) in [5.41, 5.74) is -4.30. The second-order valence-corrected chi connectivity index (χ2v) is 8.22. The first-order valence-corrected chi connectivity index (χ1v) is 9.38. The number of methoxy groups -OCH3 is 2. The van der Waals surface area contributed by atoms with Gasteiger partial charge in [0.15, 0.2) is 17.2 Å². The van der Waals surface area contributed by atoms with Crippen molar-refractivity contribution in [3.05, 3.63) is 11.1 Å². The maximum Gasteiger partial charge on any atom is 0.289 e. The molecule has 1 aromatic carbocycles. The maximum atomic E-state index is 12.8. The molecule has 2 unspecified atom stereocenters. The Hall–Kier alpha value is -2.15. The first-order chi connectivity index (χ1) is 13.8. The van der Waals surface area contributed by atoms with Gasteiger partial charge >= 0.3 is 0 Å². The number of piperidine rings is 1. The highest BCUT2D eigenvalue weighted by molar-refractivity contribution is 5.84. The monoisotopic (exact) mass is 429 g/mol. The van der Waals surface area contributed by atoms with Crippen molar-refractivity contribution in [2.45, 2.75) is 44.1 Å². The molecule has 2 heterocycles. The molecule has 1 saturated heterocycles. The predicted octanol–water partition coefficient (Wildman–Crippen LogP) is -1.01. The van der Waals surface area contributed by atoms with Gasteiger partial charge in [0.25, 0.3) is 11.7 Å². The number of rotatable bonds is 4. The van der Waals surface area contributed by atoms with Crippen LogP contribution >= 0.6 is 0 Å². The highest BCUT2D eigenvalue weighted by Gasteiger charge is 2.69. The zero-order valence-electron chi connectivity index (χ0n) is 17.1. The fourth-order valence-corrected chi connectivity index (χ4v) is 4.48. The highest BCUT2D eigenvalue weighted by atomic mass is 16.6. The number of carbonyl (C=O) groups excluding carboxylic acids is 1. The summed E-state index contributed by atoms with van der Waals surface area (Å²) >= 11 is 0. The van der Waals surface area contributed by atoms with E-state index in [4.69, 9.17) is 9.47 Å². The lowest BCUT2D eigenvalue weighted by Gasteiger charge is -2.57. The highest BCUT2D eigenvalue weighted by Crippen LogP contribution is 2.61. The van der Waals surface area contributed by atoms with E-state index in [1.54, 1.807) is 0 Å². The number of fused-ring (bicyclic) bond motifs is 3. The molecule has 0 bridgehead atoms. The molecule has 2 aliphatic heterocycles. The summed E-state index contributed by atoms with van der Waals surface area (Å²) in [6, 6.07) is 0. The number of hydrogen-bond donors (Lipinski definition) is 7. The van der Waals surface area contributed by atoms with E-state index in [1.165, 1.54) is 0 Å². The third-order valence-corrected chi connectivity index (χ3v) is 5.84. The van der Waals surface area contributed by atoms with Gasteiger partial charge in [0.1, 0.15) is 5.78 Å². The molecule has 1 aromatic rings. The van der Waals surface area contributed by atoms with Gasteiger partial charge in [0.2, 0.25) is 11.5 Å². The molecule has 1 fully saturated rings. The van der Waals surface area contributed by atoms with E-state index in [-0.39, 0.29) is 5.92 Å². The summed E-state index contributed by atoms with van der Waals surface area (Å²) in [6.07, 6.45) is -0.361. The number of aromatic hydroxyl groups is 2. The van der Waals surface area contributed by atoms with Gasteiger partial charge in [-0.25, -0.2) is 4.90 Å². The van der Waals surface area contributed by atoms with Crippen LogP contribution in [-0.4, -0.2) is 73.1 Å². The number of carbonyl (C=O) groups is 1. The van der Waals surface area contributed by atoms with Crippen LogP contribution in [0.5, 0.6) is 23.0 Å². The number of Topliss-reactive ketones (excluding diaryl/α,β-unsaturated/α-hetero) is 1. The zero-order valence-corrected chi connectivity index (χ0v) is 17.1. The molecular weight excluding hydrogens is 402 g/mol. The van der Waals surface area contributed by atoms with E-state index in [9.17, 15) is 40.5 Å². The van der Waals surface area contributed by atoms with Crippen LogP contribution in [0.15, 0.2) is 0 Å². The second kappa shape index (κ2) is 6.94. The minimum Gasteiger partial charge on any atom is -0.504 e. The van der Waals surface area contributed by atoms with Gasteiger partial charge in [0, 0.05) is 12.5 Å². The first kappa shape index (κ1) is 22.5. The SMILES string of the molecule is COc1c(O)c2c(c(O)c1OC)C(O)(O)C(O)(O)N1CC(CC(C)C)C(=O)CC21O. The minimum absolute atomic E-state index is 0.0591. The minimum atomic E-state index is -3.58. The maximum absolute atomic E-state index is 12.8. The molecule has 0 saturated carbocycles. The summed E-state index contributed by atoms with van der Waals surface area (Å²) in [5, 5.41) is 75.6. The summed E-state index contributed by atoms with van der Waals surface area (Å²) in [4.78, 5) is 13.3. The molecule has 11 nitrogen and oxygen atoms in total. The Kier molecular flexibility index (Phi) is 5.21. The molecule has 7 N–H and O–H groups in total. The Morgan fingerprint density at radius 1 is 1.00 bits per heavy atom. The van der Waals surface area contributed by atoms with Crippen LogP contribution in [0.1, 0.15) is 37.8 Å². The van der Waals surface area contributed by atoms with Crippen LogP contribution in [0.4, 0.5) is 0 Å². The van der Waals surface area contributed by atoms with E-state index >= 15 is 0 Å². The standard InChI is InChI=1S/C19H27NO10/c1-8(2)5-9-7-20-17(24,6-10(9)21)11-12(18(25,26)19(20,27)28)14(23)16(30-4)15(29-3)13(11)22/h8-9,22-28H,5-7H2,1-4H3. The Morgan fingerprint density at radius 3 is 1.97 bits per heavy atom. The fraction of sp³-hybridized carbons (Fsp3) is 0.632. The summed E-state index contributed by atoms with van der Waals surface area (Å²) in [6.45, 7) is 3.26. The van der Waals surface area contributed by atoms with Crippen LogP contribution in [0.3, 0.4) is 0 Å². The lowest BCUT2D eigenvalue weighted by atomic mass is 9.74. The molecule has 0 aliphatic carbocycles. The molecule has 0 spiro atoms. The second-order valence-electron chi connectivity index (χ2n) is 8.22. The number of ketones is 1. The molecule has 11 heteroatoms. The van der Waals surface area contributed by atoms with Crippen LogP contribution in [0.25, 0.3) is 0 Å². The van der Waals surface area contributed by atoms with E-state index in [0.717, 1.165) is 14.2 Å². The van der Waals surface area contributed by atoms with Crippen molar-refractivity contribution in [1.82, 2.24) is 4.90 Å². The normalized spacial score (nSPS) is 27.5. The van der Waals surface area contributed by atoms with E-state index in [2.05, 4.69) is 0 Å². The molecule has 0 aromatic heterocycles. The van der Waals surface area contributed by atoms with Crippen molar-refractivity contribution in [3.63, 3.8) is 0 Å². The number of aliphatic hydroxyl groups is 5. The average molecular weight is 429 g/mol. The lowest BCUT2D eigenvalue weighted by Crippen LogP contribution is -2.75. The number of phenols is 2. The third kappa shape index (κ3) is 2.77. The van der Waals surface area contributed by atoms with E-state index in [1.807, 2.05) is 13.8 Å². The summed E-state index contributed by atoms with van der Waals surface area (Å²) in [5.74, 6) is -11.1. The Bertz CT molecular complexity index is 881. The van der Waals surface area contributed by atoms with Crippen LogP contribution in [0.2, 0.25) is 0 Å². The van der Waals surface area contributed by atoms with Crippen LogP contribution in [0, 0.1) is 11.8 Å². The Balaban J connectivity index is 2.36. The largest absolute Gasteiger partial charge is 0.504 e. The third-order valence-electron chi connectivity index (χ3n) is 5.84. The summed E-state index contributed by atoms with van der Waals surface area (Å²) < 4.78 is 9.97. The van der Waals surface area contributed by atoms with Crippen molar-refractivity contribution in [2.75, 3.05) is 20.8 Å². The van der Waals surface area contributed by atoms with Gasteiger partial charge in [-0.2, -0.15) is 0 Å². The molecule has 0 radical (unpaired) electrons. The van der Waals surface area contributed by atoms with Gasteiger partial charge in [-0.3, -0.25) is 4.79 Å². The average Bonchev–Trinajstić information content (AvgIpc) is 2.62. The van der Waals surface area contributed by atoms with Gasteiger partial charge in [-0.05, 0) is 12.3 Å². The van der Waals surface area contributed by atoms with Crippen molar-refractivity contribution in [3.8, 4) is 23.0 Å². The van der Waals surface area contributed by atoms with E-state index < -0.39 is 76.2 Å². The van der Waals surface area contributed by atoms with Gasteiger partial charge in [-0.1, -0.05) is 13.8 Å². The number of nitrogens with zero attached hydrogens (tertiary/aromatic N) is 1. The van der Waals surface area contributed by atoms with Gasteiger partial charge in [0.05, 0.1) is 31.8 Å². The molecule has 168 valence electrons. The Morgan fingerprint density at radius 2 is 1.50 bits per heavy atom.